The molecule has 0 fully saturated rings. The SMILES string of the molecule is CCOC(=O)C1=C(C)N=c2s/c(=C/c3ccc(N(CC)CC)o3)c(=O)n2C1c1c(OC)ccc2ccccc12. The van der Waals surface area contributed by atoms with Crippen LogP contribution in [0.4, 0.5) is 5.88 Å². The largest absolute Gasteiger partial charge is 0.496 e. The highest BCUT2D eigenvalue weighted by Gasteiger charge is 2.36. The Morgan fingerprint density at radius 3 is 2.62 bits per heavy atom. The van der Waals surface area contributed by atoms with Gasteiger partial charge >= 0.3 is 5.97 Å². The van der Waals surface area contributed by atoms with Crippen LogP contribution in [-0.2, 0) is 9.53 Å². The van der Waals surface area contributed by atoms with Crippen molar-refractivity contribution in [2.75, 3.05) is 31.7 Å². The number of rotatable bonds is 8. The molecule has 0 saturated heterocycles. The zero-order chi connectivity index (χ0) is 27.7. The molecule has 0 spiro atoms. The van der Waals surface area contributed by atoms with Crippen molar-refractivity contribution in [2.45, 2.75) is 33.7 Å². The van der Waals surface area contributed by atoms with Gasteiger partial charge in [-0.1, -0.05) is 41.7 Å². The molecule has 0 aliphatic carbocycles. The van der Waals surface area contributed by atoms with Gasteiger partial charge in [-0.3, -0.25) is 9.36 Å². The molecule has 4 aromatic rings. The maximum Gasteiger partial charge on any atom is 0.338 e. The number of aromatic nitrogens is 1. The van der Waals surface area contributed by atoms with Crippen LogP contribution < -0.4 is 24.5 Å². The predicted octanol–water partition coefficient (Wildman–Crippen LogP) is 4.40. The first kappa shape index (κ1) is 26.5. The van der Waals surface area contributed by atoms with E-state index in [1.807, 2.05) is 48.5 Å². The molecular weight excluding hydrogens is 514 g/mol. The maximum absolute atomic E-state index is 14.0. The lowest BCUT2D eigenvalue weighted by Crippen LogP contribution is -2.40. The van der Waals surface area contributed by atoms with Gasteiger partial charge in [0.15, 0.2) is 10.7 Å². The number of fused-ring (bicyclic) bond motifs is 2. The number of anilines is 1. The third kappa shape index (κ3) is 4.67. The van der Waals surface area contributed by atoms with Gasteiger partial charge in [0, 0.05) is 30.8 Å². The van der Waals surface area contributed by atoms with E-state index in [1.54, 1.807) is 31.6 Å². The summed E-state index contributed by atoms with van der Waals surface area (Å²) in [5.74, 6) is 1.38. The summed E-state index contributed by atoms with van der Waals surface area (Å²) in [5, 5.41) is 1.84. The van der Waals surface area contributed by atoms with Gasteiger partial charge in [-0.25, -0.2) is 9.79 Å². The molecule has 1 unspecified atom stereocenters. The summed E-state index contributed by atoms with van der Waals surface area (Å²) >= 11 is 1.26. The number of allylic oxidation sites excluding steroid dienone is 1. The Labute approximate surface area is 230 Å². The Balaban J connectivity index is 1.77. The highest BCUT2D eigenvalue weighted by molar-refractivity contribution is 7.07. The zero-order valence-electron chi connectivity index (χ0n) is 22.7. The number of esters is 1. The predicted molar refractivity (Wildman–Crippen MR) is 153 cm³/mol. The number of methoxy groups -OCH3 is 1. The summed E-state index contributed by atoms with van der Waals surface area (Å²) < 4.78 is 19.3. The van der Waals surface area contributed by atoms with E-state index >= 15 is 0 Å². The van der Waals surface area contributed by atoms with Crippen molar-refractivity contribution in [3.8, 4) is 5.75 Å². The highest BCUT2D eigenvalue weighted by atomic mass is 32.1. The topological polar surface area (TPSA) is 86.3 Å². The Hall–Kier alpha value is -4.11. The second-order valence-electron chi connectivity index (χ2n) is 9.05. The summed E-state index contributed by atoms with van der Waals surface area (Å²) in [5.41, 5.74) is 1.26. The number of hydrogen-bond donors (Lipinski definition) is 0. The Kier molecular flexibility index (Phi) is 7.43. The van der Waals surface area contributed by atoms with Gasteiger partial charge in [-0.15, -0.1) is 0 Å². The number of nitrogens with zero attached hydrogens (tertiary/aromatic N) is 3. The van der Waals surface area contributed by atoms with E-state index in [0.717, 1.165) is 29.7 Å². The number of benzene rings is 2. The molecule has 5 rings (SSSR count). The van der Waals surface area contributed by atoms with Crippen molar-refractivity contribution in [1.82, 2.24) is 4.57 Å². The maximum atomic E-state index is 14.0. The van der Waals surface area contributed by atoms with Gasteiger partial charge in [0.2, 0.25) is 0 Å². The Morgan fingerprint density at radius 2 is 1.90 bits per heavy atom. The number of ether oxygens (including phenoxy) is 2. The fourth-order valence-electron chi connectivity index (χ4n) is 5.05. The minimum Gasteiger partial charge on any atom is -0.496 e. The van der Waals surface area contributed by atoms with Gasteiger partial charge in [-0.2, -0.15) is 0 Å². The molecule has 2 aromatic carbocycles. The molecule has 0 bridgehead atoms. The van der Waals surface area contributed by atoms with Crippen molar-refractivity contribution >= 4 is 40.0 Å². The molecule has 0 saturated carbocycles. The Bertz CT molecular complexity index is 1760. The first-order valence-corrected chi connectivity index (χ1v) is 13.8. The van der Waals surface area contributed by atoms with Gasteiger partial charge in [0.25, 0.3) is 5.56 Å². The van der Waals surface area contributed by atoms with Crippen molar-refractivity contribution < 1.29 is 18.7 Å². The summed E-state index contributed by atoms with van der Waals surface area (Å²) in [7, 11) is 1.59. The van der Waals surface area contributed by atoms with Crippen molar-refractivity contribution in [3.05, 3.63) is 90.8 Å². The van der Waals surface area contributed by atoms with Gasteiger partial charge in [0.05, 0.1) is 29.5 Å². The van der Waals surface area contributed by atoms with E-state index in [-0.39, 0.29) is 12.2 Å². The van der Waals surface area contributed by atoms with Crippen molar-refractivity contribution in [2.24, 2.45) is 4.99 Å². The number of hydrogen-bond acceptors (Lipinski definition) is 8. The molecule has 3 heterocycles. The molecule has 0 N–H and O–H groups in total. The quantitative estimate of drug-likeness (QED) is 0.305. The molecule has 2 aromatic heterocycles. The highest BCUT2D eigenvalue weighted by Crippen LogP contribution is 2.40. The van der Waals surface area contributed by atoms with Crippen LogP contribution >= 0.6 is 11.3 Å². The first-order chi connectivity index (χ1) is 18.9. The average Bonchev–Trinajstić information content (AvgIpc) is 3.52. The van der Waals surface area contributed by atoms with Crippen LogP contribution in [0.2, 0.25) is 0 Å². The van der Waals surface area contributed by atoms with E-state index in [0.29, 0.717) is 37.7 Å². The van der Waals surface area contributed by atoms with Crippen LogP contribution in [0.25, 0.3) is 16.8 Å². The van der Waals surface area contributed by atoms with Gasteiger partial charge in [-0.05, 0) is 50.6 Å². The minimum absolute atomic E-state index is 0.201. The molecule has 9 heteroatoms. The number of furan rings is 1. The van der Waals surface area contributed by atoms with Gasteiger partial charge < -0.3 is 18.8 Å². The lowest BCUT2D eigenvalue weighted by molar-refractivity contribution is -0.139. The monoisotopic (exact) mass is 545 g/mol. The molecule has 1 aliphatic rings. The summed E-state index contributed by atoms with van der Waals surface area (Å²) in [6.45, 7) is 9.49. The zero-order valence-corrected chi connectivity index (χ0v) is 23.5. The second kappa shape index (κ2) is 10.9. The normalized spacial score (nSPS) is 15.3. The van der Waals surface area contributed by atoms with Crippen molar-refractivity contribution in [3.63, 3.8) is 0 Å². The molecule has 39 heavy (non-hydrogen) atoms. The summed E-state index contributed by atoms with van der Waals surface area (Å²) in [4.78, 5) is 34.7. The van der Waals surface area contributed by atoms with Gasteiger partial charge in [0.1, 0.15) is 17.6 Å². The molecular formula is C30H31N3O5S. The fourth-order valence-corrected chi connectivity index (χ4v) is 6.08. The molecule has 0 radical (unpaired) electrons. The molecule has 1 atom stereocenters. The van der Waals surface area contributed by atoms with Crippen LogP contribution in [0.15, 0.2) is 74.0 Å². The first-order valence-electron chi connectivity index (χ1n) is 13.0. The third-order valence-electron chi connectivity index (χ3n) is 6.90. The summed E-state index contributed by atoms with van der Waals surface area (Å²) in [6, 6.07) is 14.6. The van der Waals surface area contributed by atoms with E-state index in [2.05, 4.69) is 23.7 Å². The summed E-state index contributed by atoms with van der Waals surface area (Å²) in [6.07, 6.45) is 1.73. The fraction of sp³-hybridized carbons (Fsp3) is 0.300. The lowest BCUT2D eigenvalue weighted by Gasteiger charge is -2.27. The second-order valence-corrected chi connectivity index (χ2v) is 10.1. The lowest BCUT2D eigenvalue weighted by atomic mass is 9.90. The van der Waals surface area contributed by atoms with E-state index < -0.39 is 12.0 Å². The number of carbonyl (C=O) groups excluding carboxylic acids is 1. The van der Waals surface area contributed by atoms with Crippen LogP contribution in [0, 0.1) is 0 Å². The van der Waals surface area contributed by atoms with Crippen LogP contribution in [0.1, 0.15) is 45.1 Å². The van der Waals surface area contributed by atoms with E-state index in [9.17, 15) is 9.59 Å². The molecule has 1 aliphatic heterocycles. The minimum atomic E-state index is -0.786. The number of thiazole rings is 1. The Morgan fingerprint density at radius 1 is 1.13 bits per heavy atom. The molecule has 8 nitrogen and oxygen atoms in total. The van der Waals surface area contributed by atoms with E-state index in [4.69, 9.17) is 13.9 Å². The average molecular weight is 546 g/mol. The van der Waals surface area contributed by atoms with Crippen LogP contribution in [0.5, 0.6) is 5.75 Å². The molecule has 202 valence electrons. The van der Waals surface area contributed by atoms with E-state index in [1.165, 1.54) is 11.3 Å². The van der Waals surface area contributed by atoms with Crippen LogP contribution in [0.3, 0.4) is 0 Å². The number of carbonyl (C=O) groups is 1. The van der Waals surface area contributed by atoms with Crippen LogP contribution in [-0.4, -0.2) is 37.3 Å². The van der Waals surface area contributed by atoms with Crippen molar-refractivity contribution in [1.29, 1.82) is 0 Å². The standard InChI is InChI=1S/C30H31N3O5S/c1-6-32(7-2)24-16-14-20(38-24)17-23-28(34)33-27(25(29(35)37-8-3)18(4)31-30(33)39-23)26-21-12-10-9-11-19(21)13-15-22(26)36-5/h9-17,27H,6-8H2,1-5H3/b23-17+. The third-order valence-corrected chi connectivity index (χ3v) is 7.89. The molecule has 0 amide bonds. The smallest absolute Gasteiger partial charge is 0.338 e.